The van der Waals surface area contributed by atoms with Crippen molar-refractivity contribution in [3.05, 3.63) is 29.8 Å². The van der Waals surface area contributed by atoms with E-state index in [0.717, 1.165) is 71.3 Å². The van der Waals surface area contributed by atoms with Crippen LogP contribution in [0.5, 0.6) is 5.75 Å². The van der Waals surface area contributed by atoms with Gasteiger partial charge in [-0.2, -0.15) is 0 Å². The minimum atomic E-state index is 0.134. The van der Waals surface area contributed by atoms with Crippen LogP contribution in [0, 0.1) is 0 Å². The molecule has 178 valence electrons. The zero-order valence-electron chi connectivity index (χ0n) is 19.7. The van der Waals surface area contributed by atoms with Gasteiger partial charge in [0.1, 0.15) is 5.75 Å². The van der Waals surface area contributed by atoms with Crippen LogP contribution < -0.4 is 10.1 Å². The first-order chi connectivity index (χ1) is 15.7. The maximum atomic E-state index is 12.8. The first-order valence-corrected chi connectivity index (χ1v) is 12.3. The monoisotopic (exact) mass is 444 g/mol. The lowest BCUT2D eigenvalue weighted by molar-refractivity contribution is -0.124. The van der Waals surface area contributed by atoms with E-state index in [9.17, 15) is 4.79 Å². The fourth-order valence-corrected chi connectivity index (χ4v) is 5.47. The summed E-state index contributed by atoms with van der Waals surface area (Å²) in [7, 11) is 1.70. The normalized spacial score (nSPS) is 23.0. The van der Waals surface area contributed by atoms with Crippen LogP contribution in [-0.2, 0) is 16.1 Å². The first kappa shape index (κ1) is 23.5. The lowest BCUT2D eigenvalue weighted by Gasteiger charge is -2.48. The van der Waals surface area contributed by atoms with Gasteiger partial charge in [0.25, 0.3) is 0 Å². The van der Waals surface area contributed by atoms with Gasteiger partial charge in [-0.05, 0) is 30.5 Å². The highest BCUT2D eigenvalue weighted by molar-refractivity contribution is 5.78. The molecule has 4 rings (SSSR count). The Morgan fingerprint density at radius 1 is 0.969 bits per heavy atom. The van der Waals surface area contributed by atoms with E-state index in [1.54, 1.807) is 7.11 Å². The van der Waals surface area contributed by atoms with E-state index in [-0.39, 0.29) is 11.4 Å². The summed E-state index contributed by atoms with van der Waals surface area (Å²) in [5.41, 5.74) is 1.44. The second-order valence-electron chi connectivity index (χ2n) is 9.56. The molecule has 1 aliphatic carbocycles. The number of hydrogen-bond donors (Lipinski definition) is 1. The molecule has 2 heterocycles. The first-order valence-electron chi connectivity index (χ1n) is 12.3. The Morgan fingerprint density at radius 2 is 1.62 bits per heavy atom. The number of benzene rings is 1. The van der Waals surface area contributed by atoms with Crippen molar-refractivity contribution in [3.8, 4) is 5.75 Å². The minimum Gasteiger partial charge on any atom is -0.497 e. The number of carbonyl (C=O) groups excluding carboxylic acids is 1. The minimum absolute atomic E-state index is 0.134. The van der Waals surface area contributed by atoms with Gasteiger partial charge in [-0.15, -0.1) is 0 Å². The molecule has 1 aromatic carbocycles. The van der Waals surface area contributed by atoms with E-state index in [4.69, 9.17) is 9.47 Å². The smallest absolute Gasteiger partial charge is 0.234 e. The fraction of sp³-hybridized carbons (Fsp3) is 0.720. The molecular formula is C25H40N4O3. The topological polar surface area (TPSA) is 57.3 Å². The van der Waals surface area contributed by atoms with Crippen molar-refractivity contribution in [2.24, 2.45) is 0 Å². The molecule has 0 spiro atoms. The molecule has 3 fully saturated rings. The maximum absolute atomic E-state index is 12.8. The highest BCUT2D eigenvalue weighted by Crippen LogP contribution is 2.33. The van der Waals surface area contributed by atoms with Gasteiger partial charge in [0, 0.05) is 57.9 Å². The van der Waals surface area contributed by atoms with Crippen LogP contribution in [-0.4, -0.2) is 98.8 Å². The molecule has 0 aromatic heterocycles. The Morgan fingerprint density at radius 3 is 2.28 bits per heavy atom. The predicted octanol–water partition coefficient (Wildman–Crippen LogP) is 1.96. The summed E-state index contributed by atoms with van der Waals surface area (Å²) in [6, 6.07) is 8.31. The van der Waals surface area contributed by atoms with E-state index in [0.29, 0.717) is 6.54 Å². The number of amides is 1. The summed E-state index contributed by atoms with van der Waals surface area (Å²) < 4.78 is 10.8. The molecule has 0 radical (unpaired) electrons. The number of ether oxygens (including phenoxy) is 2. The number of hydrogen-bond acceptors (Lipinski definition) is 6. The third-order valence-electron chi connectivity index (χ3n) is 7.48. The van der Waals surface area contributed by atoms with Crippen LogP contribution in [0.1, 0.15) is 37.7 Å². The van der Waals surface area contributed by atoms with Gasteiger partial charge in [0.2, 0.25) is 5.91 Å². The average molecular weight is 445 g/mol. The third-order valence-corrected chi connectivity index (χ3v) is 7.48. The number of methoxy groups -OCH3 is 1. The van der Waals surface area contributed by atoms with E-state index in [1.165, 1.54) is 37.7 Å². The standard InChI is InChI=1S/C25H40N4O3/c1-31-23-7-5-22(6-8-23)19-27-11-13-28(14-12-27)20-24(30)26-21-25(9-3-2-4-10-25)29-15-17-32-18-16-29/h5-8H,2-4,9-21H2,1H3,(H,26,30). The van der Waals surface area contributed by atoms with Crippen molar-refractivity contribution < 1.29 is 14.3 Å². The summed E-state index contributed by atoms with van der Waals surface area (Å²) in [6.45, 7) is 9.74. The molecule has 1 aromatic rings. The molecule has 7 heteroatoms. The van der Waals surface area contributed by atoms with Crippen LogP contribution in [0.4, 0.5) is 0 Å². The Labute approximate surface area is 193 Å². The molecule has 7 nitrogen and oxygen atoms in total. The number of nitrogens with one attached hydrogen (secondary N) is 1. The largest absolute Gasteiger partial charge is 0.497 e. The molecule has 32 heavy (non-hydrogen) atoms. The second kappa shape index (κ2) is 11.5. The fourth-order valence-electron chi connectivity index (χ4n) is 5.47. The van der Waals surface area contributed by atoms with Gasteiger partial charge in [-0.25, -0.2) is 0 Å². The number of morpholine rings is 1. The van der Waals surface area contributed by atoms with Crippen LogP contribution in [0.25, 0.3) is 0 Å². The summed E-state index contributed by atoms with van der Waals surface area (Å²) in [5, 5.41) is 3.31. The molecule has 1 saturated carbocycles. The van der Waals surface area contributed by atoms with Crippen molar-refractivity contribution in [2.75, 3.05) is 72.7 Å². The lowest BCUT2D eigenvalue weighted by Crippen LogP contribution is -2.60. The molecule has 2 aliphatic heterocycles. The van der Waals surface area contributed by atoms with Gasteiger partial charge < -0.3 is 14.8 Å². The van der Waals surface area contributed by atoms with Crippen LogP contribution in [0.3, 0.4) is 0 Å². The summed E-state index contributed by atoms with van der Waals surface area (Å²) >= 11 is 0. The Balaban J connectivity index is 1.20. The van der Waals surface area contributed by atoms with Crippen molar-refractivity contribution >= 4 is 5.91 Å². The van der Waals surface area contributed by atoms with Crippen LogP contribution >= 0.6 is 0 Å². The highest BCUT2D eigenvalue weighted by Gasteiger charge is 2.38. The molecule has 3 aliphatic rings. The molecule has 1 N–H and O–H groups in total. The zero-order chi connectivity index (χ0) is 22.2. The lowest BCUT2D eigenvalue weighted by atomic mass is 9.79. The van der Waals surface area contributed by atoms with Gasteiger partial charge in [0.05, 0.1) is 26.9 Å². The Hall–Kier alpha value is -1.67. The van der Waals surface area contributed by atoms with Crippen molar-refractivity contribution in [3.63, 3.8) is 0 Å². The Kier molecular flexibility index (Phi) is 8.41. The summed E-state index contributed by atoms with van der Waals surface area (Å²) in [5.74, 6) is 1.07. The number of carbonyl (C=O) groups is 1. The summed E-state index contributed by atoms with van der Waals surface area (Å²) in [4.78, 5) is 20.1. The number of piperazine rings is 1. The maximum Gasteiger partial charge on any atom is 0.234 e. The second-order valence-corrected chi connectivity index (χ2v) is 9.56. The quantitative estimate of drug-likeness (QED) is 0.662. The van der Waals surface area contributed by atoms with Gasteiger partial charge in [-0.1, -0.05) is 31.4 Å². The SMILES string of the molecule is COc1ccc(CN2CCN(CC(=O)NCC3(N4CCOCC4)CCCCC3)CC2)cc1. The van der Waals surface area contributed by atoms with E-state index >= 15 is 0 Å². The zero-order valence-corrected chi connectivity index (χ0v) is 19.7. The van der Waals surface area contributed by atoms with Gasteiger partial charge in [-0.3, -0.25) is 19.5 Å². The molecule has 0 bridgehead atoms. The van der Waals surface area contributed by atoms with Gasteiger partial charge >= 0.3 is 0 Å². The molecule has 0 unspecified atom stereocenters. The summed E-state index contributed by atoms with van der Waals surface area (Å²) in [6.07, 6.45) is 6.24. The molecule has 2 saturated heterocycles. The van der Waals surface area contributed by atoms with Crippen LogP contribution in [0.2, 0.25) is 0 Å². The number of nitrogens with zero attached hydrogens (tertiary/aromatic N) is 3. The van der Waals surface area contributed by atoms with Crippen LogP contribution in [0.15, 0.2) is 24.3 Å². The van der Waals surface area contributed by atoms with Crippen molar-refractivity contribution in [1.29, 1.82) is 0 Å². The molecular weight excluding hydrogens is 404 g/mol. The van der Waals surface area contributed by atoms with Gasteiger partial charge in [0.15, 0.2) is 0 Å². The predicted molar refractivity (Wildman–Crippen MR) is 126 cm³/mol. The molecule has 0 atom stereocenters. The molecule has 1 amide bonds. The average Bonchev–Trinajstić information content (AvgIpc) is 2.86. The highest BCUT2D eigenvalue weighted by atomic mass is 16.5. The third kappa shape index (κ3) is 6.22. The van der Waals surface area contributed by atoms with E-state index < -0.39 is 0 Å². The number of rotatable bonds is 8. The Bertz CT molecular complexity index is 706. The van der Waals surface area contributed by atoms with Crippen molar-refractivity contribution in [2.45, 2.75) is 44.2 Å². The van der Waals surface area contributed by atoms with E-state index in [2.05, 4.69) is 32.1 Å². The van der Waals surface area contributed by atoms with Crippen molar-refractivity contribution in [1.82, 2.24) is 20.0 Å². The van der Waals surface area contributed by atoms with E-state index in [1.807, 2.05) is 12.1 Å².